The zero-order chi connectivity index (χ0) is 21.3. The van der Waals surface area contributed by atoms with Gasteiger partial charge < -0.3 is 14.8 Å². The number of benzene rings is 2. The van der Waals surface area contributed by atoms with Crippen LogP contribution in [0.2, 0.25) is 0 Å². The molecule has 0 aliphatic rings. The molecule has 0 unspecified atom stereocenters. The molecule has 0 aliphatic carbocycles. The summed E-state index contributed by atoms with van der Waals surface area (Å²) >= 11 is 1.26. The van der Waals surface area contributed by atoms with Gasteiger partial charge in [-0.1, -0.05) is 37.2 Å². The van der Waals surface area contributed by atoms with Crippen LogP contribution in [-0.2, 0) is 11.2 Å². The summed E-state index contributed by atoms with van der Waals surface area (Å²) in [5.74, 6) is 1.15. The normalized spacial score (nSPS) is 10.6. The highest BCUT2D eigenvalue weighted by Gasteiger charge is 2.13. The number of anilines is 1. The van der Waals surface area contributed by atoms with Gasteiger partial charge in [0.2, 0.25) is 11.1 Å². The number of thioether (sulfide) groups is 1. The first kappa shape index (κ1) is 21.6. The highest BCUT2D eigenvalue weighted by Crippen LogP contribution is 2.29. The number of ether oxygens (including phenoxy) is 2. The third-order valence-electron chi connectivity index (χ3n) is 4.46. The molecule has 9 heteroatoms. The summed E-state index contributed by atoms with van der Waals surface area (Å²) in [6.07, 6.45) is 3.39. The van der Waals surface area contributed by atoms with E-state index in [-0.39, 0.29) is 11.7 Å². The molecule has 1 amide bonds. The number of unbranched alkanes of at least 4 members (excludes halogenated alkanes) is 1. The number of hydrogen-bond donors (Lipinski definition) is 1. The van der Waals surface area contributed by atoms with E-state index in [0.29, 0.717) is 22.3 Å². The maximum atomic E-state index is 12.4. The van der Waals surface area contributed by atoms with E-state index in [1.165, 1.54) is 30.2 Å². The number of amides is 1. The Bertz CT molecular complexity index is 975. The number of aryl methyl sites for hydroxylation is 1. The molecule has 30 heavy (non-hydrogen) atoms. The second kappa shape index (κ2) is 10.6. The molecular formula is C21H25N5O3S. The van der Waals surface area contributed by atoms with Crippen LogP contribution in [0.5, 0.6) is 11.5 Å². The number of nitrogens with zero attached hydrogens (tertiary/aromatic N) is 4. The van der Waals surface area contributed by atoms with Gasteiger partial charge in [-0.2, -0.15) is 4.68 Å². The van der Waals surface area contributed by atoms with E-state index in [9.17, 15) is 4.79 Å². The SMILES string of the molecule is CCCCc1ccc(-n2nnnc2SCC(=O)Nc2ccc(OC)cc2OC)cc1. The summed E-state index contributed by atoms with van der Waals surface area (Å²) in [5, 5.41) is 15.2. The zero-order valence-corrected chi connectivity index (χ0v) is 18.1. The minimum atomic E-state index is -0.187. The molecule has 158 valence electrons. The molecule has 2 aromatic carbocycles. The second-order valence-corrected chi connectivity index (χ2v) is 7.49. The van der Waals surface area contributed by atoms with Gasteiger partial charge in [0, 0.05) is 6.07 Å². The summed E-state index contributed by atoms with van der Waals surface area (Å²) in [6.45, 7) is 2.18. The van der Waals surface area contributed by atoms with Crippen LogP contribution >= 0.6 is 11.8 Å². The standard InChI is InChI=1S/C21H25N5O3S/c1-4-5-6-15-7-9-16(10-8-15)26-21(23-24-25-26)30-14-20(27)22-18-12-11-17(28-2)13-19(18)29-3/h7-13H,4-6,14H2,1-3H3,(H,22,27). The number of tetrazole rings is 1. The van der Waals surface area contributed by atoms with Gasteiger partial charge in [-0.05, 0) is 53.1 Å². The van der Waals surface area contributed by atoms with Crippen molar-refractivity contribution in [2.24, 2.45) is 0 Å². The number of aromatic nitrogens is 4. The van der Waals surface area contributed by atoms with E-state index >= 15 is 0 Å². The summed E-state index contributed by atoms with van der Waals surface area (Å²) in [6, 6.07) is 13.4. The van der Waals surface area contributed by atoms with E-state index < -0.39 is 0 Å². The molecule has 0 spiro atoms. The van der Waals surface area contributed by atoms with E-state index in [0.717, 1.165) is 12.1 Å². The Labute approximate surface area is 180 Å². The van der Waals surface area contributed by atoms with Crippen LogP contribution in [0.1, 0.15) is 25.3 Å². The van der Waals surface area contributed by atoms with Gasteiger partial charge in [0.25, 0.3) is 0 Å². The van der Waals surface area contributed by atoms with Gasteiger partial charge in [-0.3, -0.25) is 4.79 Å². The lowest BCUT2D eigenvalue weighted by Gasteiger charge is -2.11. The monoisotopic (exact) mass is 427 g/mol. The van der Waals surface area contributed by atoms with Crippen LogP contribution in [0.15, 0.2) is 47.6 Å². The van der Waals surface area contributed by atoms with Crippen molar-refractivity contribution in [1.29, 1.82) is 0 Å². The van der Waals surface area contributed by atoms with E-state index in [1.807, 2.05) is 12.1 Å². The van der Waals surface area contributed by atoms with Crippen molar-refractivity contribution in [3.05, 3.63) is 48.0 Å². The van der Waals surface area contributed by atoms with Crippen LogP contribution in [-0.4, -0.2) is 46.1 Å². The molecule has 1 heterocycles. The lowest BCUT2D eigenvalue weighted by atomic mass is 10.1. The molecule has 0 radical (unpaired) electrons. The van der Waals surface area contributed by atoms with Crippen LogP contribution < -0.4 is 14.8 Å². The Morgan fingerprint density at radius 3 is 2.63 bits per heavy atom. The van der Waals surface area contributed by atoms with E-state index in [2.05, 4.69) is 39.9 Å². The molecule has 1 aromatic heterocycles. The lowest BCUT2D eigenvalue weighted by molar-refractivity contribution is -0.113. The first-order valence-corrected chi connectivity index (χ1v) is 10.7. The summed E-state index contributed by atoms with van der Waals surface area (Å²) in [4.78, 5) is 12.4. The van der Waals surface area contributed by atoms with Gasteiger partial charge in [-0.15, -0.1) is 5.10 Å². The van der Waals surface area contributed by atoms with Crippen LogP contribution in [0.3, 0.4) is 0 Å². The van der Waals surface area contributed by atoms with Crippen molar-refractivity contribution in [2.45, 2.75) is 31.3 Å². The minimum Gasteiger partial charge on any atom is -0.497 e. The van der Waals surface area contributed by atoms with Crippen LogP contribution in [0, 0.1) is 0 Å². The predicted octanol–water partition coefficient (Wildman–Crippen LogP) is 3.75. The number of carbonyl (C=O) groups excluding carboxylic acids is 1. The Morgan fingerprint density at radius 1 is 1.13 bits per heavy atom. The molecule has 0 saturated carbocycles. The van der Waals surface area contributed by atoms with Crippen molar-refractivity contribution in [3.8, 4) is 17.2 Å². The third-order valence-corrected chi connectivity index (χ3v) is 5.38. The highest BCUT2D eigenvalue weighted by atomic mass is 32.2. The number of nitrogens with one attached hydrogen (secondary N) is 1. The molecule has 3 rings (SSSR count). The fourth-order valence-corrected chi connectivity index (χ4v) is 3.52. The first-order chi connectivity index (χ1) is 14.6. The minimum absolute atomic E-state index is 0.157. The maximum Gasteiger partial charge on any atom is 0.234 e. The smallest absolute Gasteiger partial charge is 0.234 e. The average Bonchev–Trinajstić information content (AvgIpc) is 3.25. The quantitative estimate of drug-likeness (QED) is 0.493. The third kappa shape index (κ3) is 5.50. The molecule has 1 N–H and O–H groups in total. The molecule has 0 aliphatic heterocycles. The van der Waals surface area contributed by atoms with Crippen LogP contribution in [0.25, 0.3) is 5.69 Å². The fraction of sp³-hybridized carbons (Fsp3) is 0.333. The molecule has 3 aromatic rings. The van der Waals surface area contributed by atoms with Crippen molar-refractivity contribution in [2.75, 3.05) is 25.3 Å². The molecule has 0 bridgehead atoms. The summed E-state index contributed by atoms with van der Waals surface area (Å²) in [5.41, 5.74) is 2.72. The number of carbonyl (C=O) groups is 1. The molecular weight excluding hydrogens is 402 g/mol. The largest absolute Gasteiger partial charge is 0.497 e. The summed E-state index contributed by atoms with van der Waals surface area (Å²) in [7, 11) is 3.12. The predicted molar refractivity (Wildman–Crippen MR) is 117 cm³/mol. The Kier molecular flexibility index (Phi) is 7.67. The van der Waals surface area contributed by atoms with Gasteiger partial charge >= 0.3 is 0 Å². The maximum absolute atomic E-state index is 12.4. The zero-order valence-electron chi connectivity index (χ0n) is 17.3. The molecule has 0 saturated heterocycles. The van der Waals surface area contributed by atoms with Gasteiger partial charge in [-0.25, -0.2) is 0 Å². The Hall–Kier alpha value is -3.07. The highest BCUT2D eigenvalue weighted by molar-refractivity contribution is 7.99. The molecule has 0 fully saturated rings. The van der Waals surface area contributed by atoms with Crippen molar-refractivity contribution >= 4 is 23.4 Å². The summed E-state index contributed by atoms with van der Waals surface area (Å²) < 4.78 is 12.1. The second-order valence-electron chi connectivity index (χ2n) is 6.55. The van der Waals surface area contributed by atoms with Crippen molar-refractivity contribution < 1.29 is 14.3 Å². The Balaban J connectivity index is 1.62. The van der Waals surface area contributed by atoms with E-state index in [4.69, 9.17) is 9.47 Å². The van der Waals surface area contributed by atoms with E-state index in [1.54, 1.807) is 37.1 Å². The van der Waals surface area contributed by atoms with Crippen LogP contribution in [0.4, 0.5) is 5.69 Å². The van der Waals surface area contributed by atoms with Gasteiger partial charge in [0.15, 0.2) is 0 Å². The lowest BCUT2D eigenvalue weighted by Crippen LogP contribution is -2.15. The van der Waals surface area contributed by atoms with Gasteiger partial charge in [0.05, 0.1) is 31.3 Å². The first-order valence-electron chi connectivity index (χ1n) is 9.67. The number of rotatable bonds is 10. The number of methoxy groups -OCH3 is 2. The fourth-order valence-electron chi connectivity index (χ4n) is 2.83. The number of hydrogen-bond acceptors (Lipinski definition) is 7. The average molecular weight is 428 g/mol. The van der Waals surface area contributed by atoms with Gasteiger partial charge in [0.1, 0.15) is 11.5 Å². The topological polar surface area (TPSA) is 91.2 Å². The molecule has 0 atom stereocenters. The Morgan fingerprint density at radius 2 is 1.93 bits per heavy atom. The van der Waals surface area contributed by atoms with Crippen molar-refractivity contribution in [3.63, 3.8) is 0 Å². The molecule has 8 nitrogen and oxygen atoms in total. The van der Waals surface area contributed by atoms with Crippen molar-refractivity contribution in [1.82, 2.24) is 20.2 Å².